The number of amides is 1. The molecule has 0 bridgehead atoms. The predicted molar refractivity (Wildman–Crippen MR) is 126 cm³/mol. The van der Waals surface area contributed by atoms with Crippen LogP contribution in [0.5, 0.6) is 0 Å². The molecule has 172 valence electrons. The summed E-state index contributed by atoms with van der Waals surface area (Å²) in [4.78, 5) is 24.5. The first-order chi connectivity index (χ1) is 15.1. The molecule has 3 rings (SSSR count). The zero-order valence-electron chi connectivity index (χ0n) is 18.2. The maximum absolute atomic E-state index is 13.0. The van der Waals surface area contributed by atoms with Crippen molar-refractivity contribution in [2.24, 2.45) is 11.3 Å². The number of aryl methyl sites for hydroxylation is 1. The Morgan fingerprint density at radius 1 is 1.19 bits per heavy atom. The summed E-state index contributed by atoms with van der Waals surface area (Å²) < 4.78 is 0. The van der Waals surface area contributed by atoms with E-state index < -0.39 is 17.5 Å². The molecule has 7 heteroatoms. The van der Waals surface area contributed by atoms with Gasteiger partial charge in [0.15, 0.2) is 0 Å². The van der Waals surface area contributed by atoms with Crippen molar-refractivity contribution in [1.82, 2.24) is 5.32 Å². The van der Waals surface area contributed by atoms with Gasteiger partial charge in [-0.1, -0.05) is 54.4 Å². The number of aliphatic hydroxyl groups is 1. The summed E-state index contributed by atoms with van der Waals surface area (Å²) in [6.07, 6.45) is 0.802. The summed E-state index contributed by atoms with van der Waals surface area (Å²) in [6.45, 7) is 3.42. The maximum Gasteiger partial charge on any atom is 0.304 e. The Hall–Kier alpha value is -2.08. The van der Waals surface area contributed by atoms with Gasteiger partial charge >= 0.3 is 5.97 Å². The summed E-state index contributed by atoms with van der Waals surface area (Å²) in [5.41, 5.74) is 0.975. The number of rotatable bonds is 8. The second-order valence-electron chi connectivity index (χ2n) is 9.07. The van der Waals surface area contributed by atoms with Gasteiger partial charge in [-0.15, -0.1) is 0 Å². The number of hydrogen-bond acceptors (Lipinski definition) is 3. The minimum atomic E-state index is -1.05. The highest BCUT2D eigenvalue weighted by molar-refractivity contribution is 6.30. The summed E-state index contributed by atoms with van der Waals surface area (Å²) >= 11 is 12.2. The average molecular weight is 478 g/mol. The highest BCUT2D eigenvalue weighted by Crippen LogP contribution is 2.44. The van der Waals surface area contributed by atoms with E-state index in [4.69, 9.17) is 23.2 Å². The summed E-state index contributed by atoms with van der Waals surface area (Å²) in [5.74, 6) is -1.71. The van der Waals surface area contributed by atoms with Gasteiger partial charge in [0.2, 0.25) is 5.91 Å². The lowest BCUT2D eigenvalue weighted by atomic mass is 9.66. The predicted octanol–water partition coefficient (Wildman–Crippen LogP) is 5.08. The lowest BCUT2D eigenvalue weighted by molar-refractivity contribution is -0.148. The third kappa shape index (κ3) is 5.83. The van der Waals surface area contributed by atoms with E-state index in [1.54, 1.807) is 19.9 Å². The van der Waals surface area contributed by atoms with Gasteiger partial charge in [0.25, 0.3) is 0 Å². The normalized spacial score (nSPS) is 25.1. The van der Waals surface area contributed by atoms with Crippen LogP contribution in [0.2, 0.25) is 10.0 Å². The molecule has 1 amide bonds. The topological polar surface area (TPSA) is 86.6 Å². The van der Waals surface area contributed by atoms with Crippen LogP contribution in [0.25, 0.3) is 0 Å². The molecule has 0 aromatic heterocycles. The molecule has 1 saturated heterocycles. The van der Waals surface area contributed by atoms with Gasteiger partial charge in [0.1, 0.15) is 0 Å². The smallest absolute Gasteiger partial charge is 0.304 e. The first-order valence-electron chi connectivity index (χ1n) is 10.8. The highest BCUT2D eigenvalue weighted by Gasteiger charge is 2.48. The molecule has 32 heavy (non-hydrogen) atoms. The second-order valence-corrected chi connectivity index (χ2v) is 9.94. The minimum absolute atomic E-state index is 0.180. The molecule has 1 heterocycles. The Morgan fingerprint density at radius 3 is 2.47 bits per heavy atom. The number of benzene rings is 2. The number of halogens is 2. The van der Waals surface area contributed by atoms with E-state index in [9.17, 15) is 19.8 Å². The fourth-order valence-electron chi connectivity index (χ4n) is 4.79. The maximum atomic E-state index is 13.0. The second kappa shape index (κ2) is 10.2. The molecule has 0 spiro atoms. The van der Waals surface area contributed by atoms with Crippen LogP contribution in [-0.4, -0.2) is 34.2 Å². The van der Waals surface area contributed by atoms with Crippen molar-refractivity contribution in [2.45, 2.75) is 57.6 Å². The van der Waals surface area contributed by atoms with Gasteiger partial charge in [-0.05, 0) is 61.6 Å². The number of carboxylic acids is 1. The molecule has 2 aromatic rings. The number of carbonyl (C=O) groups excluding carboxylic acids is 1. The lowest BCUT2D eigenvalue weighted by Crippen LogP contribution is -2.58. The van der Waals surface area contributed by atoms with Crippen molar-refractivity contribution in [2.75, 3.05) is 0 Å². The largest absolute Gasteiger partial charge is 0.481 e. The zero-order chi connectivity index (χ0) is 23.5. The number of piperidine rings is 1. The van der Waals surface area contributed by atoms with Gasteiger partial charge < -0.3 is 15.5 Å². The van der Waals surface area contributed by atoms with Crippen LogP contribution in [0, 0.1) is 11.3 Å². The molecule has 5 nitrogen and oxygen atoms in total. The Labute approximate surface area is 198 Å². The number of hydrogen-bond donors (Lipinski definition) is 3. The van der Waals surface area contributed by atoms with E-state index in [1.807, 2.05) is 42.5 Å². The third-order valence-electron chi connectivity index (χ3n) is 6.53. The van der Waals surface area contributed by atoms with Gasteiger partial charge in [0.05, 0.1) is 17.9 Å². The SMILES string of the molecule is C[C@H](O)[C@@H](CCc1ccc(Cl)cc1)[C@H]1NC(=O)[C@](C)(CC(=O)O)C[C@@H]1c1cccc(Cl)c1. The third-order valence-corrected chi connectivity index (χ3v) is 7.02. The van der Waals surface area contributed by atoms with Gasteiger partial charge in [-0.3, -0.25) is 9.59 Å². The monoisotopic (exact) mass is 477 g/mol. The zero-order valence-corrected chi connectivity index (χ0v) is 19.7. The van der Waals surface area contributed by atoms with Crippen LogP contribution in [-0.2, 0) is 16.0 Å². The van der Waals surface area contributed by atoms with Gasteiger partial charge in [-0.2, -0.15) is 0 Å². The molecule has 0 unspecified atom stereocenters. The number of aliphatic hydroxyl groups excluding tert-OH is 1. The van der Waals surface area contributed by atoms with Crippen LogP contribution in [0.4, 0.5) is 0 Å². The van der Waals surface area contributed by atoms with Crippen LogP contribution < -0.4 is 5.32 Å². The molecule has 1 aliphatic heterocycles. The Morgan fingerprint density at radius 2 is 1.88 bits per heavy atom. The van der Waals surface area contributed by atoms with Crippen molar-refractivity contribution >= 4 is 35.1 Å². The molecule has 1 fully saturated rings. The molecule has 0 saturated carbocycles. The van der Waals surface area contributed by atoms with E-state index in [1.165, 1.54) is 0 Å². The molecule has 2 aromatic carbocycles. The molecule has 5 atom stereocenters. The van der Waals surface area contributed by atoms with Crippen LogP contribution in [0.1, 0.15) is 50.2 Å². The fraction of sp³-hybridized carbons (Fsp3) is 0.440. The van der Waals surface area contributed by atoms with Crippen LogP contribution in [0.15, 0.2) is 48.5 Å². The van der Waals surface area contributed by atoms with E-state index in [0.717, 1.165) is 11.1 Å². The lowest BCUT2D eigenvalue weighted by Gasteiger charge is -2.46. The van der Waals surface area contributed by atoms with E-state index in [-0.39, 0.29) is 30.2 Å². The Bertz CT molecular complexity index is 963. The number of carbonyl (C=O) groups is 2. The number of nitrogens with one attached hydrogen (secondary N) is 1. The molecule has 0 radical (unpaired) electrons. The number of carboxylic acid groups (broad SMARTS) is 1. The molecular weight excluding hydrogens is 449 g/mol. The first-order valence-corrected chi connectivity index (χ1v) is 11.6. The summed E-state index contributed by atoms with van der Waals surface area (Å²) in [6, 6.07) is 14.7. The van der Waals surface area contributed by atoms with Gasteiger partial charge in [0, 0.05) is 27.9 Å². The first kappa shape index (κ1) is 24.6. The molecule has 1 aliphatic rings. The van der Waals surface area contributed by atoms with E-state index in [2.05, 4.69) is 5.32 Å². The molecule has 0 aliphatic carbocycles. The Balaban J connectivity index is 1.92. The van der Waals surface area contributed by atoms with Crippen molar-refractivity contribution in [1.29, 1.82) is 0 Å². The quantitative estimate of drug-likeness (QED) is 0.494. The fourth-order valence-corrected chi connectivity index (χ4v) is 5.12. The minimum Gasteiger partial charge on any atom is -0.481 e. The van der Waals surface area contributed by atoms with Crippen molar-refractivity contribution in [3.05, 3.63) is 69.7 Å². The average Bonchev–Trinajstić information content (AvgIpc) is 2.71. The van der Waals surface area contributed by atoms with Crippen molar-refractivity contribution in [3.63, 3.8) is 0 Å². The molecule has 3 N–H and O–H groups in total. The highest BCUT2D eigenvalue weighted by atomic mass is 35.5. The number of aliphatic carboxylic acids is 1. The van der Waals surface area contributed by atoms with E-state index >= 15 is 0 Å². The summed E-state index contributed by atoms with van der Waals surface area (Å²) in [7, 11) is 0. The van der Waals surface area contributed by atoms with Crippen molar-refractivity contribution < 1.29 is 19.8 Å². The Kier molecular flexibility index (Phi) is 7.86. The van der Waals surface area contributed by atoms with Crippen LogP contribution >= 0.6 is 23.2 Å². The molecular formula is C25H29Cl2NO4. The van der Waals surface area contributed by atoms with Crippen LogP contribution in [0.3, 0.4) is 0 Å². The standard InChI is InChI=1S/C25H29Cl2NO4/c1-15(29)20(11-8-16-6-9-18(26)10-7-16)23-21(17-4-3-5-19(27)12-17)13-25(2,14-22(30)31)24(32)28-23/h3-7,9-10,12,15,20-21,23,29H,8,11,13-14H2,1-2H3,(H,28,32)(H,30,31)/t15-,20+,21+,23+,25-/m0/s1. The van der Waals surface area contributed by atoms with E-state index in [0.29, 0.717) is 29.3 Å². The van der Waals surface area contributed by atoms with Crippen molar-refractivity contribution in [3.8, 4) is 0 Å². The van der Waals surface area contributed by atoms with Gasteiger partial charge in [-0.25, -0.2) is 0 Å². The summed E-state index contributed by atoms with van der Waals surface area (Å²) in [5, 5.41) is 24.4.